The summed E-state index contributed by atoms with van der Waals surface area (Å²) in [6.45, 7) is 3.25. The number of nitrogens with one attached hydrogen (secondary N) is 2. The molecule has 0 saturated carbocycles. The van der Waals surface area contributed by atoms with Crippen LogP contribution in [0.2, 0.25) is 0 Å². The van der Waals surface area contributed by atoms with E-state index >= 15 is 0 Å². The van der Waals surface area contributed by atoms with E-state index in [-0.39, 0.29) is 17.4 Å². The number of fused-ring (bicyclic) bond motifs is 1. The first-order chi connectivity index (χ1) is 9.15. The third-order valence-electron chi connectivity index (χ3n) is 3.89. The van der Waals surface area contributed by atoms with Gasteiger partial charge in [-0.05, 0) is 38.3 Å². The fourth-order valence-corrected chi connectivity index (χ4v) is 3.80. The van der Waals surface area contributed by atoms with Crippen molar-refractivity contribution in [2.75, 3.05) is 19.6 Å². The normalized spacial score (nSPS) is 22.3. The average Bonchev–Trinajstić information content (AvgIpc) is 3.05. The molecule has 1 saturated heterocycles. The number of imidazole rings is 1. The molecule has 0 aliphatic carbocycles. The van der Waals surface area contributed by atoms with Crippen LogP contribution in [-0.2, 0) is 23.0 Å². The van der Waals surface area contributed by atoms with Gasteiger partial charge in [0.25, 0.3) is 10.0 Å². The molecule has 20 heavy (non-hydrogen) atoms. The molecule has 0 radical (unpaired) electrons. The van der Waals surface area contributed by atoms with Crippen LogP contribution < -0.4 is 10.0 Å². The zero-order chi connectivity index (χ0) is 13.3. The summed E-state index contributed by atoms with van der Waals surface area (Å²) in [5.41, 5.74) is 0. The maximum absolute atomic E-state index is 12.2. The van der Waals surface area contributed by atoms with Crippen LogP contribution in [-0.4, -0.2) is 37.6 Å². The van der Waals surface area contributed by atoms with Crippen LogP contribution in [0.4, 0.5) is 0 Å². The second-order valence-electron chi connectivity index (χ2n) is 5.36. The predicted molar refractivity (Wildman–Crippen MR) is 78.6 cm³/mol. The fraction of sp³-hybridized carbons (Fsp3) is 0.750. The molecule has 3 rings (SSSR count). The Kier molecular flexibility index (Phi) is 5.06. The molecule has 6 nitrogen and oxygen atoms in total. The molecule has 1 aromatic heterocycles. The van der Waals surface area contributed by atoms with Gasteiger partial charge in [0.05, 0.1) is 0 Å². The first kappa shape index (κ1) is 15.8. The van der Waals surface area contributed by atoms with Crippen molar-refractivity contribution in [3.8, 4) is 0 Å². The lowest BCUT2D eigenvalue weighted by Crippen LogP contribution is -2.30. The van der Waals surface area contributed by atoms with Crippen LogP contribution in [0, 0.1) is 5.92 Å². The molecule has 2 aliphatic heterocycles. The summed E-state index contributed by atoms with van der Waals surface area (Å²) in [5, 5.41) is 3.41. The highest BCUT2D eigenvalue weighted by Crippen LogP contribution is 2.17. The van der Waals surface area contributed by atoms with Gasteiger partial charge < -0.3 is 9.88 Å². The lowest BCUT2D eigenvalue weighted by atomic mass is 10.1. The van der Waals surface area contributed by atoms with Gasteiger partial charge in [-0.3, -0.25) is 0 Å². The van der Waals surface area contributed by atoms with E-state index in [0.29, 0.717) is 12.5 Å². The van der Waals surface area contributed by atoms with E-state index in [0.717, 1.165) is 51.1 Å². The van der Waals surface area contributed by atoms with Crippen molar-refractivity contribution < 1.29 is 8.42 Å². The zero-order valence-corrected chi connectivity index (χ0v) is 13.0. The number of nitrogens with zero attached hydrogens (tertiary/aromatic N) is 2. The van der Waals surface area contributed by atoms with Crippen molar-refractivity contribution in [3.05, 3.63) is 12.0 Å². The van der Waals surface area contributed by atoms with Crippen molar-refractivity contribution >= 4 is 22.4 Å². The lowest BCUT2D eigenvalue weighted by Gasteiger charge is -2.11. The second-order valence-corrected chi connectivity index (χ2v) is 7.07. The Hall–Kier alpha value is -0.630. The van der Waals surface area contributed by atoms with Gasteiger partial charge in [-0.2, -0.15) is 0 Å². The van der Waals surface area contributed by atoms with Gasteiger partial charge in [0.1, 0.15) is 5.82 Å². The van der Waals surface area contributed by atoms with E-state index in [1.807, 2.05) is 4.57 Å². The molecule has 114 valence electrons. The Morgan fingerprint density at radius 3 is 3.00 bits per heavy atom. The molecule has 1 aromatic rings. The third kappa shape index (κ3) is 3.33. The van der Waals surface area contributed by atoms with Gasteiger partial charge in [-0.15, -0.1) is 12.4 Å². The van der Waals surface area contributed by atoms with Crippen molar-refractivity contribution in [3.63, 3.8) is 0 Å². The van der Waals surface area contributed by atoms with Crippen LogP contribution >= 0.6 is 12.4 Å². The van der Waals surface area contributed by atoms with Crippen molar-refractivity contribution in [2.24, 2.45) is 5.92 Å². The number of rotatable bonds is 4. The van der Waals surface area contributed by atoms with Crippen LogP contribution in [0.5, 0.6) is 0 Å². The SMILES string of the molecule is Cl.O=S(=O)(NCC1CCNC1)c1cn2c(n1)CCCC2. The van der Waals surface area contributed by atoms with Gasteiger partial charge >= 0.3 is 0 Å². The molecule has 8 heteroatoms. The second kappa shape index (κ2) is 6.43. The molecule has 3 heterocycles. The topological polar surface area (TPSA) is 76.0 Å². The molecule has 0 bridgehead atoms. The summed E-state index contributed by atoms with van der Waals surface area (Å²) < 4.78 is 29.0. The van der Waals surface area contributed by atoms with E-state index in [9.17, 15) is 8.42 Å². The molecular weight excluding hydrogens is 300 g/mol. The highest BCUT2D eigenvalue weighted by molar-refractivity contribution is 7.89. The molecule has 0 spiro atoms. The maximum Gasteiger partial charge on any atom is 0.259 e. The molecule has 1 fully saturated rings. The first-order valence-electron chi connectivity index (χ1n) is 6.91. The molecule has 0 aromatic carbocycles. The van der Waals surface area contributed by atoms with E-state index in [2.05, 4.69) is 15.0 Å². The number of aromatic nitrogens is 2. The predicted octanol–water partition coefficient (Wildman–Crippen LogP) is 0.529. The van der Waals surface area contributed by atoms with Crippen molar-refractivity contribution in [2.45, 2.75) is 37.3 Å². The van der Waals surface area contributed by atoms with Crippen molar-refractivity contribution in [1.82, 2.24) is 19.6 Å². The molecule has 0 amide bonds. The minimum atomic E-state index is -3.45. The van der Waals surface area contributed by atoms with Gasteiger partial charge in [-0.25, -0.2) is 18.1 Å². The highest BCUT2D eigenvalue weighted by atomic mass is 35.5. The van der Waals surface area contributed by atoms with E-state index in [1.54, 1.807) is 6.20 Å². The van der Waals surface area contributed by atoms with Crippen molar-refractivity contribution in [1.29, 1.82) is 0 Å². The van der Waals surface area contributed by atoms with Crippen LogP contribution in [0.25, 0.3) is 0 Å². The minimum Gasteiger partial charge on any atom is -0.333 e. The number of sulfonamides is 1. The molecule has 2 aliphatic rings. The first-order valence-corrected chi connectivity index (χ1v) is 8.40. The summed E-state index contributed by atoms with van der Waals surface area (Å²) in [6, 6.07) is 0. The van der Waals surface area contributed by atoms with Gasteiger partial charge in [0.15, 0.2) is 5.03 Å². The Morgan fingerprint density at radius 1 is 1.45 bits per heavy atom. The summed E-state index contributed by atoms with van der Waals surface area (Å²) in [6.07, 6.45) is 5.77. The Labute approximate surface area is 125 Å². The Balaban J connectivity index is 0.00000147. The van der Waals surface area contributed by atoms with Gasteiger partial charge in [-0.1, -0.05) is 0 Å². The summed E-state index contributed by atoms with van der Waals surface area (Å²) in [5.74, 6) is 1.29. The monoisotopic (exact) mass is 320 g/mol. The summed E-state index contributed by atoms with van der Waals surface area (Å²) in [7, 11) is -3.45. The lowest BCUT2D eigenvalue weighted by molar-refractivity contribution is 0.522. The number of aryl methyl sites for hydroxylation is 2. The highest BCUT2D eigenvalue weighted by Gasteiger charge is 2.23. The molecular formula is C12H21ClN4O2S. The van der Waals surface area contributed by atoms with E-state index in [1.165, 1.54) is 0 Å². The Morgan fingerprint density at radius 2 is 2.30 bits per heavy atom. The van der Waals surface area contributed by atoms with E-state index < -0.39 is 10.0 Å². The number of hydrogen-bond donors (Lipinski definition) is 2. The zero-order valence-electron chi connectivity index (χ0n) is 11.3. The van der Waals surface area contributed by atoms with Crippen LogP contribution in [0.1, 0.15) is 25.1 Å². The van der Waals surface area contributed by atoms with Gasteiger partial charge in [0.2, 0.25) is 0 Å². The van der Waals surface area contributed by atoms with E-state index in [4.69, 9.17) is 0 Å². The number of halogens is 1. The average molecular weight is 321 g/mol. The fourth-order valence-electron chi connectivity index (χ4n) is 2.71. The molecule has 2 N–H and O–H groups in total. The largest absolute Gasteiger partial charge is 0.333 e. The maximum atomic E-state index is 12.2. The smallest absolute Gasteiger partial charge is 0.259 e. The minimum absolute atomic E-state index is 0. The Bertz CT molecular complexity index is 528. The standard InChI is InChI=1S/C12H20N4O2S.ClH/c17-19(18,14-8-10-4-5-13-7-10)12-9-16-6-2-1-3-11(16)15-12;/h9-10,13-14H,1-8H2;1H. The van der Waals surface area contributed by atoms with Crippen LogP contribution in [0.3, 0.4) is 0 Å². The van der Waals surface area contributed by atoms with Crippen LogP contribution in [0.15, 0.2) is 11.2 Å². The number of hydrogen-bond acceptors (Lipinski definition) is 4. The quantitative estimate of drug-likeness (QED) is 0.848. The third-order valence-corrected chi connectivity index (χ3v) is 5.18. The molecule has 1 atom stereocenters. The summed E-state index contributed by atoms with van der Waals surface area (Å²) in [4.78, 5) is 4.26. The summed E-state index contributed by atoms with van der Waals surface area (Å²) >= 11 is 0. The molecule has 1 unspecified atom stereocenters. The van der Waals surface area contributed by atoms with Gasteiger partial charge in [0, 0.05) is 25.7 Å².